The molecule has 34 heavy (non-hydrogen) atoms. The number of nitrogens with zero attached hydrogens (tertiary/aromatic N) is 1. The SMILES string of the molecule is CCOC(=O)C1=C(C)NC(=O)NC1c1cc(Cl)c(OC(=O)/C=C/c2ccnc(Cl)c2)c(OC)c1. The number of carbonyl (C=O) groups excluding carboxylic acids is 3. The summed E-state index contributed by atoms with van der Waals surface area (Å²) in [6.45, 7) is 3.43. The van der Waals surface area contributed by atoms with Crippen LogP contribution in [0.5, 0.6) is 11.5 Å². The van der Waals surface area contributed by atoms with Crippen LogP contribution in [-0.2, 0) is 14.3 Å². The molecule has 1 aliphatic heterocycles. The van der Waals surface area contributed by atoms with E-state index < -0.39 is 24.0 Å². The smallest absolute Gasteiger partial charge is 0.338 e. The summed E-state index contributed by atoms with van der Waals surface area (Å²) in [6, 6.07) is 4.88. The van der Waals surface area contributed by atoms with Crippen molar-refractivity contribution in [3.05, 3.63) is 69.1 Å². The minimum Gasteiger partial charge on any atom is -0.493 e. The third kappa shape index (κ3) is 5.86. The number of esters is 2. The Bertz CT molecular complexity index is 1200. The molecule has 1 atom stereocenters. The van der Waals surface area contributed by atoms with Gasteiger partial charge in [0.25, 0.3) is 0 Å². The Hall–Kier alpha value is -3.56. The number of rotatable bonds is 7. The van der Waals surface area contributed by atoms with Crippen molar-refractivity contribution in [1.82, 2.24) is 15.6 Å². The molecule has 0 radical (unpaired) electrons. The first-order chi connectivity index (χ1) is 16.2. The maximum Gasteiger partial charge on any atom is 0.338 e. The summed E-state index contributed by atoms with van der Waals surface area (Å²) in [7, 11) is 1.37. The summed E-state index contributed by atoms with van der Waals surface area (Å²) >= 11 is 12.2. The van der Waals surface area contributed by atoms with E-state index in [-0.39, 0.29) is 33.9 Å². The third-order valence-electron chi connectivity index (χ3n) is 4.71. The average molecular weight is 506 g/mol. The van der Waals surface area contributed by atoms with Gasteiger partial charge in [0.2, 0.25) is 0 Å². The maximum absolute atomic E-state index is 12.5. The molecule has 0 fully saturated rings. The number of halogens is 2. The number of pyridine rings is 1. The molecule has 1 unspecified atom stereocenters. The van der Waals surface area contributed by atoms with E-state index in [2.05, 4.69) is 15.6 Å². The number of carbonyl (C=O) groups is 3. The summed E-state index contributed by atoms with van der Waals surface area (Å²) in [5.41, 5.74) is 1.64. The summed E-state index contributed by atoms with van der Waals surface area (Å²) < 4.78 is 15.9. The molecular formula is C23H21Cl2N3O6. The summed E-state index contributed by atoms with van der Waals surface area (Å²) in [5, 5.41) is 5.56. The quantitative estimate of drug-likeness (QED) is 0.250. The molecule has 0 saturated heterocycles. The van der Waals surface area contributed by atoms with Gasteiger partial charge in [0.05, 0.1) is 30.4 Å². The van der Waals surface area contributed by atoms with Gasteiger partial charge in [-0.3, -0.25) is 0 Å². The van der Waals surface area contributed by atoms with Crippen molar-refractivity contribution in [2.24, 2.45) is 0 Å². The molecule has 178 valence electrons. The van der Waals surface area contributed by atoms with Gasteiger partial charge in [-0.05, 0) is 55.3 Å². The monoisotopic (exact) mass is 505 g/mol. The van der Waals surface area contributed by atoms with Crippen LogP contribution in [0.15, 0.2) is 47.8 Å². The van der Waals surface area contributed by atoms with Crippen LogP contribution in [0.3, 0.4) is 0 Å². The molecule has 1 aromatic heterocycles. The molecule has 0 saturated carbocycles. The van der Waals surface area contributed by atoms with Crippen LogP contribution in [0.4, 0.5) is 4.79 Å². The van der Waals surface area contributed by atoms with E-state index in [1.165, 1.54) is 37.6 Å². The predicted molar refractivity (Wildman–Crippen MR) is 126 cm³/mol. The van der Waals surface area contributed by atoms with Crippen molar-refractivity contribution < 1.29 is 28.6 Å². The number of hydrogen-bond acceptors (Lipinski definition) is 7. The van der Waals surface area contributed by atoms with E-state index in [4.69, 9.17) is 37.4 Å². The number of ether oxygens (including phenoxy) is 3. The zero-order valence-corrected chi connectivity index (χ0v) is 20.0. The minimum atomic E-state index is -0.861. The standard InChI is InChI=1S/C23H21Cl2N3O6/c1-4-33-22(30)19-12(2)27-23(31)28-20(19)14-10-15(24)21(16(11-14)32-3)34-18(29)6-5-13-7-8-26-17(25)9-13/h5-11,20H,4H2,1-3H3,(H2,27,28,31)/b6-5+. The molecule has 3 rings (SSSR count). The van der Waals surface area contributed by atoms with Gasteiger partial charge in [-0.25, -0.2) is 19.4 Å². The molecule has 2 aromatic rings. The zero-order valence-electron chi connectivity index (χ0n) is 18.5. The van der Waals surface area contributed by atoms with Crippen LogP contribution in [-0.4, -0.2) is 36.7 Å². The number of methoxy groups -OCH3 is 1. The first-order valence-corrected chi connectivity index (χ1v) is 10.8. The van der Waals surface area contributed by atoms with E-state index in [1.54, 1.807) is 26.0 Å². The van der Waals surface area contributed by atoms with Gasteiger partial charge in [-0.2, -0.15) is 0 Å². The predicted octanol–water partition coefficient (Wildman–Crippen LogP) is 4.21. The van der Waals surface area contributed by atoms with Crippen molar-refractivity contribution in [2.75, 3.05) is 13.7 Å². The maximum atomic E-state index is 12.5. The average Bonchev–Trinajstić information content (AvgIpc) is 2.78. The van der Waals surface area contributed by atoms with E-state index in [0.29, 0.717) is 16.8 Å². The van der Waals surface area contributed by atoms with E-state index in [1.807, 2.05) is 0 Å². The number of aromatic nitrogens is 1. The van der Waals surface area contributed by atoms with Gasteiger partial charge in [-0.1, -0.05) is 23.2 Å². The lowest BCUT2D eigenvalue weighted by atomic mass is 9.95. The Kier molecular flexibility index (Phi) is 8.14. The van der Waals surface area contributed by atoms with Crippen LogP contribution in [0.2, 0.25) is 10.2 Å². The molecule has 1 aliphatic rings. The molecule has 11 heteroatoms. The van der Waals surface area contributed by atoms with Crippen molar-refractivity contribution in [1.29, 1.82) is 0 Å². The zero-order chi connectivity index (χ0) is 24.8. The number of nitrogens with one attached hydrogen (secondary N) is 2. The second-order valence-corrected chi connectivity index (χ2v) is 7.79. The number of hydrogen-bond donors (Lipinski definition) is 2. The lowest BCUT2D eigenvalue weighted by molar-refractivity contribution is -0.139. The van der Waals surface area contributed by atoms with Crippen molar-refractivity contribution in [3.8, 4) is 11.5 Å². The highest BCUT2D eigenvalue weighted by Gasteiger charge is 2.33. The number of urea groups is 1. The summed E-state index contributed by atoms with van der Waals surface area (Å²) in [6.07, 6.45) is 4.22. The van der Waals surface area contributed by atoms with Crippen LogP contribution in [0.1, 0.15) is 31.0 Å². The molecule has 2 N–H and O–H groups in total. The van der Waals surface area contributed by atoms with Crippen LogP contribution >= 0.6 is 23.2 Å². The second-order valence-electron chi connectivity index (χ2n) is 6.99. The van der Waals surface area contributed by atoms with Crippen LogP contribution in [0, 0.1) is 0 Å². The number of allylic oxidation sites excluding steroid dienone is 1. The van der Waals surface area contributed by atoms with Crippen molar-refractivity contribution in [2.45, 2.75) is 19.9 Å². The Morgan fingerprint density at radius 1 is 1.24 bits per heavy atom. The molecule has 0 bridgehead atoms. The van der Waals surface area contributed by atoms with Gasteiger partial charge in [-0.15, -0.1) is 0 Å². The summed E-state index contributed by atoms with van der Waals surface area (Å²) in [4.78, 5) is 40.9. The highest BCUT2D eigenvalue weighted by Crippen LogP contribution is 2.40. The topological polar surface area (TPSA) is 116 Å². The van der Waals surface area contributed by atoms with Crippen LogP contribution in [0.25, 0.3) is 6.08 Å². The lowest BCUT2D eigenvalue weighted by Crippen LogP contribution is -2.45. The Morgan fingerprint density at radius 2 is 2.00 bits per heavy atom. The second kappa shape index (κ2) is 11.0. The molecule has 2 heterocycles. The molecule has 0 aliphatic carbocycles. The van der Waals surface area contributed by atoms with E-state index in [9.17, 15) is 14.4 Å². The molecular weight excluding hydrogens is 485 g/mol. The van der Waals surface area contributed by atoms with E-state index >= 15 is 0 Å². The van der Waals surface area contributed by atoms with Crippen LogP contribution < -0.4 is 20.1 Å². The highest BCUT2D eigenvalue weighted by molar-refractivity contribution is 6.32. The minimum absolute atomic E-state index is 0.0195. The molecule has 2 amide bonds. The first kappa shape index (κ1) is 25.1. The van der Waals surface area contributed by atoms with Gasteiger partial charge in [0, 0.05) is 18.0 Å². The van der Waals surface area contributed by atoms with E-state index in [0.717, 1.165) is 0 Å². The molecule has 9 nitrogen and oxygen atoms in total. The third-order valence-corrected chi connectivity index (χ3v) is 5.20. The Labute approximate surface area is 205 Å². The fourth-order valence-corrected chi connectivity index (χ4v) is 3.69. The fraction of sp³-hybridized carbons (Fsp3) is 0.217. The normalized spacial score (nSPS) is 15.6. The number of amides is 2. The van der Waals surface area contributed by atoms with Crippen molar-refractivity contribution in [3.63, 3.8) is 0 Å². The van der Waals surface area contributed by atoms with Crippen molar-refractivity contribution >= 4 is 47.2 Å². The van der Waals surface area contributed by atoms with Gasteiger partial charge in [0.15, 0.2) is 11.5 Å². The highest BCUT2D eigenvalue weighted by atomic mass is 35.5. The first-order valence-electron chi connectivity index (χ1n) is 10.1. The van der Waals surface area contributed by atoms with Gasteiger partial charge < -0.3 is 24.8 Å². The van der Waals surface area contributed by atoms with Gasteiger partial charge in [0.1, 0.15) is 5.15 Å². The lowest BCUT2D eigenvalue weighted by Gasteiger charge is -2.28. The number of benzene rings is 1. The molecule has 0 spiro atoms. The Morgan fingerprint density at radius 3 is 2.68 bits per heavy atom. The largest absolute Gasteiger partial charge is 0.493 e. The summed E-state index contributed by atoms with van der Waals surface area (Å²) in [5.74, 6) is -1.19. The molecule has 1 aromatic carbocycles. The van der Waals surface area contributed by atoms with Gasteiger partial charge >= 0.3 is 18.0 Å². The fourth-order valence-electron chi connectivity index (χ4n) is 3.25. The Balaban J connectivity index is 1.90.